The molecule has 0 bridgehead atoms. The summed E-state index contributed by atoms with van der Waals surface area (Å²) in [7, 11) is 0. The zero-order valence-electron chi connectivity index (χ0n) is 11.8. The van der Waals surface area contributed by atoms with Gasteiger partial charge in [-0.25, -0.2) is 0 Å². The highest BCUT2D eigenvalue weighted by molar-refractivity contribution is 6.17. The zero-order chi connectivity index (χ0) is 12.6. The Kier molecular flexibility index (Phi) is 7.54. The van der Waals surface area contributed by atoms with Crippen molar-refractivity contribution in [3.05, 3.63) is 0 Å². The van der Waals surface area contributed by atoms with Crippen molar-refractivity contribution < 1.29 is 0 Å². The molecule has 0 aromatic heterocycles. The van der Waals surface area contributed by atoms with Crippen LogP contribution >= 0.6 is 11.6 Å². The molecule has 1 heterocycles. The molecule has 0 saturated carbocycles. The second kappa shape index (κ2) is 8.37. The first-order valence-electron chi connectivity index (χ1n) is 7.54. The van der Waals surface area contributed by atoms with Gasteiger partial charge in [-0.3, -0.25) is 0 Å². The molecule has 2 heteroatoms. The van der Waals surface area contributed by atoms with Gasteiger partial charge < -0.3 is 4.90 Å². The summed E-state index contributed by atoms with van der Waals surface area (Å²) in [5, 5.41) is 0. The summed E-state index contributed by atoms with van der Waals surface area (Å²) in [5.41, 5.74) is 0.676. The van der Waals surface area contributed by atoms with Crippen LogP contribution in [0.4, 0.5) is 0 Å². The predicted octanol–water partition coefficient (Wildman–Crippen LogP) is 4.69. The van der Waals surface area contributed by atoms with E-state index in [2.05, 4.69) is 18.7 Å². The van der Waals surface area contributed by atoms with E-state index >= 15 is 0 Å². The van der Waals surface area contributed by atoms with Crippen molar-refractivity contribution in [3.63, 3.8) is 0 Å². The molecule has 0 N–H and O–H groups in total. The molecule has 0 atom stereocenters. The molecule has 1 rings (SSSR count). The number of halogens is 1. The number of hydrogen-bond donors (Lipinski definition) is 0. The van der Waals surface area contributed by atoms with E-state index in [1.54, 1.807) is 0 Å². The molecule has 102 valence electrons. The minimum Gasteiger partial charge on any atom is -0.303 e. The third-order valence-electron chi connectivity index (χ3n) is 4.77. The largest absolute Gasteiger partial charge is 0.303 e. The number of unbranched alkanes of at least 4 members (excludes halogenated alkanes) is 3. The van der Waals surface area contributed by atoms with Crippen molar-refractivity contribution in [3.8, 4) is 0 Å². The topological polar surface area (TPSA) is 3.24 Å². The van der Waals surface area contributed by atoms with Crippen molar-refractivity contribution in [2.45, 2.75) is 65.2 Å². The third kappa shape index (κ3) is 5.18. The van der Waals surface area contributed by atoms with E-state index in [0.717, 1.165) is 5.88 Å². The first-order chi connectivity index (χ1) is 8.26. The van der Waals surface area contributed by atoms with Gasteiger partial charge >= 0.3 is 0 Å². The molecule has 1 aliphatic rings. The first-order valence-corrected chi connectivity index (χ1v) is 8.08. The fraction of sp³-hybridized carbons (Fsp3) is 1.00. The Labute approximate surface area is 113 Å². The molecule has 1 aliphatic heterocycles. The number of rotatable bonds is 8. The maximum Gasteiger partial charge on any atom is 0.0223 e. The molecular weight excluding hydrogens is 230 g/mol. The Hall–Kier alpha value is 0.250. The number of hydrogen-bond acceptors (Lipinski definition) is 1. The van der Waals surface area contributed by atoms with Crippen LogP contribution in [0.5, 0.6) is 0 Å². The lowest BCUT2D eigenvalue weighted by Gasteiger charge is -2.41. The van der Waals surface area contributed by atoms with Gasteiger partial charge in [0.1, 0.15) is 0 Å². The average molecular weight is 260 g/mol. The van der Waals surface area contributed by atoms with Gasteiger partial charge in [-0.05, 0) is 50.7 Å². The van der Waals surface area contributed by atoms with E-state index in [1.807, 2.05) is 0 Å². The van der Waals surface area contributed by atoms with E-state index in [1.165, 1.54) is 71.0 Å². The van der Waals surface area contributed by atoms with Gasteiger partial charge in [0.05, 0.1) is 0 Å². The summed E-state index contributed by atoms with van der Waals surface area (Å²) < 4.78 is 0. The molecule has 17 heavy (non-hydrogen) atoms. The van der Waals surface area contributed by atoms with Gasteiger partial charge in [0.15, 0.2) is 0 Å². The van der Waals surface area contributed by atoms with Crippen molar-refractivity contribution in [2.24, 2.45) is 5.41 Å². The average Bonchev–Trinajstić information content (AvgIpc) is 2.39. The van der Waals surface area contributed by atoms with E-state index in [9.17, 15) is 0 Å². The molecule has 0 aliphatic carbocycles. The highest BCUT2D eigenvalue weighted by atomic mass is 35.5. The van der Waals surface area contributed by atoms with Crippen LogP contribution in [0.1, 0.15) is 65.2 Å². The molecule has 0 aromatic carbocycles. The van der Waals surface area contributed by atoms with Gasteiger partial charge in [0.25, 0.3) is 0 Å². The van der Waals surface area contributed by atoms with Crippen LogP contribution in [0.3, 0.4) is 0 Å². The molecule has 0 unspecified atom stereocenters. The quantitative estimate of drug-likeness (QED) is 0.452. The van der Waals surface area contributed by atoms with Crippen LogP contribution < -0.4 is 0 Å². The molecular formula is C15H30ClN. The van der Waals surface area contributed by atoms with Crippen molar-refractivity contribution >= 4 is 11.6 Å². The summed E-state index contributed by atoms with van der Waals surface area (Å²) in [6, 6.07) is 0. The van der Waals surface area contributed by atoms with Crippen molar-refractivity contribution in [1.82, 2.24) is 4.90 Å². The maximum absolute atomic E-state index is 5.68. The highest BCUT2D eigenvalue weighted by Gasteiger charge is 2.30. The lowest BCUT2D eigenvalue weighted by Crippen LogP contribution is -2.39. The van der Waals surface area contributed by atoms with Gasteiger partial charge in [-0.2, -0.15) is 0 Å². The fourth-order valence-electron chi connectivity index (χ4n) is 2.99. The smallest absolute Gasteiger partial charge is 0.0223 e. The van der Waals surface area contributed by atoms with Gasteiger partial charge in [-0.1, -0.05) is 39.5 Å². The molecule has 0 spiro atoms. The Morgan fingerprint density at radius 3 is 2.06 bits per heavy atom. The van der Waals surface area contributed by atoms with E-state index in [-0.39, 0.29) is 0 Å². The van der Waals surface area contributed by atoms with Crippen LogP contribution in [-0.4, -0.2) is 30.4 Å². The Balaban J connectivity index is 2.10. The zero-order valence-corrected chi connectivity index (χ0v) is 12.6. The normalized spacial score (nSPS) is 20.6. The molecule has 1 saturated heterocycles. The van der Waals surface area contributed by atoms with Crippen molar-refractivity contribution in [1.29, 1.82) is 0 Å². The second-order valence-corrected chi connectivity index (χ2v) is 6.03. The minimum atomic E-state index is 0.676. The van der Waals surface area contributed by atoms with Crippen LogP contribution in [-0.2, 0) is 0 Å². The fourth-order valence-corrected chi connectivity index (χ4v) is 3.18. The summed E-state index contributed by atoms with van der Waals surface area (Å²) in [4.78, 5) is 2.67. The summed E-state index contributed by atoms with van der Waals surface area (Å²) in [6.07, 6.45) is 10.8. The maximum atomic E-state index is 5.68. The lowest BCUT2D eigenvalue weighted by atomic mass is 9.74. The van der Waals surface area contributed by atoms with Crippen LogP contribution in [0.15, 0.2) is 0 Å². The van der Waals surface area contributed by atoms with E-state index in [0.29, 0.717) is 5.41 Å². The number of piperidine rings is 1. The van der Waals surface area contributed by atoms with E-state index < -0.39 is 0 Å². The van der Waals surface area contributed by atoms with Gasteiger partial charge in [-0.15, -0.1) is 11.6 Å². The van der Waals surface area contributed by atoms with E-state index in [4.69, 9.17) is 11.6 Å². The number of alkyl halides is 1. The molecule has 1 fully saturated rings. The minimum absolute atomic E-state index is 0.676. The Morgan fingerprint density at radius 2 is 1.53 bits per heavy atom. The van der Waals surface area contributed by atoms with Crippen molar-refractivity contribution in [2.75, 3.05) is 25.5 Å². The molecule has 0 amide bonds. The monoisotopic (exact) mass is 259 g/mol. The summed E-state index contributed by atoms with van der Waals surface area (Å²) in [5.74, 6) is 0.833. The van der Waals surface area contributed by atoms with Crippen LogP contribution in [0.2, 0.25) is 0 Å². The molecule has 0 radical (unpaired) electrons. The predicted molar refractivity (Wildman–Crippen MR) is 77.9 cm³/mol. The molecule has 0 aromatic rings. The number of likely N-dealkylation sites (tertiary alicyclic amines) is 1. The SMILES string of the molecule is CCC1(CC)CCN(CCCCCCCl)CC1. The van der Waals surface area contributed by atoms with Crippen LogP contribution in [0, 0.1) is 5.41 Å². The standard InChI is InChI=1S/C15H30ClN/c1-3-15(4-2)9-13-17(14-10-15)12-8-6-5-7-11-16/h3-14H2,1-2H3. The Bertz CT molecular complexity index is 179. The lowest BCUT2D eigenvalue weighted by molar-refractivity contribution is 0.0943. The summed E-state index contributed by atoms with van der Waals surface area (Å²) >= 11 is 5.68. The first kappa shape index (κ1) is 15.3. The van der Waals surface area contributed by atoms with Crippen LogP contribution in [0.25, 0.3) is 0 Å². The Morgan fingerprint density at radius 1 is 0.941 bits per heavy atom. The highest BCUT2D eigenvalue weighted by Crippen LogP contribution is 2.37. The second-order valence-electron chi connectivity index (χ2n) is 5.65. The third-order valence-corrected chi connectivity index (χ3v) is 5.04. The molecule has 1 nitrogen and oxygen atoms in total. The number of nitrogens with zero attached hydrogens (tertiary/aromatic N) is 1. The van der Waals surface area contributed by atoms with Gasteiger partial charge in [0, 0.05) is 5.88 Å². The van der Waals surface area contributed by atoms with Gasteiger partial charge in [0.2, 0.25) is 0 Å². The summed E-state index contributed by atoms with van der Waals surface area (Å²) in [6.45, 7) is 8.71.